The van der Waals surface area contributed by atoms with Crippen molar-refractivity contribution in [3.05, 3.63) is 78.0 Å². The molecule has 3 amide bonds. The largest absolute Gasteiger partial charge is 0.331 e. The Hall–Kier alpha value is -3.61. The Balaban J connectivity index is 1.84. The molecule has 1 heterocycles. The van der Waals surface area contributed by atoms with Crippen LogP contribution in [0.15, 0.2) is 66.7 Å². The molecule has 0 spiro atoms. The number of rotatable bonds is 6. The molecular weight excluding hydrogens is 402 g/mol. The first kappa shape index (κ1) is 23.1. The molecule has 7 heteroatoms. The van der Waals surface area contributed by atoms with Gasteiger partial charge in [0.15, 0.2) is 0 Å². The van der Waals surface area contributed by atoms with Crippen LogP contribution in [0.4, 0.5) is 10.6 Å². The summed E-state index contributed by atoms with van der Waals surface area (Å²) in [5, 5.41) is 7.69. The van der Waals surface area contributed by atoms with Crippen LogP contribution in [0, 0.1) is 0 Å². The molecule has 32 heavy (non-hydrogen) atoms. The summed E-state index contributed by atoms with van der Waals surface area (Å²) in [6.45, 7) is 6.50. The van der Waals surface area contributed by atoms with Crippen LogP contribution >= 0.6 is 0 Å². The average Bonchev–Trinajstić information content (AvgIpc) is 3.18. The van der Waals surface area contributed by atoms with Gasteiger partial charge in [0, 0.05) is 32.1 Å². The molecule has 0 bridgehead atoms. The summed E-state index contributed by atoms with van der Waals surface area (Å²) in [5.41, 5.74) is 2.49. The molecule has 0 aliphatic rings. The predicted molar refractivity (Wildman–Crippen MR) is 127 cm³/mol. The van der Waals surface area contributed by atoms with Crippen LogP contribution < -0.4 is 5.32 Å². The summed E-state index contributed by atoms with van der Waals surface area (Å²) < 4.78 is 1.73. The first-order valence-corrected chi connectivity index (χ1v) is 10.6. The third kappa shape index (κ3) is 5.75. The molecule has 2 aromatic carbocycles. The topological polar surface area (TPSA) is 70.5 Å². The molecule has 0 radical (unpaired) electrons. The van der Waals surface area contributed by atoms with E-state index < -0.39 is 0 Å². The minimum atomic E-state index is -0.284. The van der Waals surface area contributed by atoms with Crippen LogP contribution in [0.25, 0.3) is 5.69 Å². The van der Waals surface area contributed by atoms with Crippen LogP contribution in [0.1, 0.15) is 32.0 Å². The molecule has 0 saturated heterocycles. The molecule has 0 unspecified atom stereocenters. The highest BCUT2D eigenvalue weighted by molar-refractivity contribution is 5.94. The van der Waals surface area contributed by atoms with E-state index in [4.69, 9.17) is 5.10 Å². The van der Waals surface area contributed by atoms with E-state index in [1.807, 2.05) is 66.7 Å². The second-order valence-electron chi connectivity index (χ2n) is 8.98. The molecule has 3 aromatic rings. The lowest BCUT2D eigenvalue weighted by Crippen LogP contribution is -2.43. The molecule has 7 nitrogen and oxygen atoms in total. The van der Waals surface area contributed by atoms with E-state index in [1.54, 1.807) is 18.8 Å². The maximum absolute atomic E-state index is 13.0. The number of carbonyl (C=O) groups excluding carboxylic acids is 2. The standard InChI is InChI=1S/C25H31N5O2/c1-25(2,3)21-16-22(30(27-21)20-14-10-7-11-15-20)26-23(31)18-29(24(32)28(4)5)17-19-12-8-6-9-13-19/h6-16H,17-18H2,1-5H3,(H,26,31). The summed E-state index contributed by atoms with van der Waals surface area (Å²) in [7, 11) is 3.36. The first-order chi connectivity index (χ1) is 15.1. The fourth-order valence-corrected chi connectivity index (χ4v) is 3.24. The molecule has 1 aromatic heterocycles. The lowest BCUT2D eigenvalue weighted by atomic mass is 9.92. The van der Waals surface area contributed by atoms with Gasteiger partial charge in [-0.25, -0.2) is 9.48 Å². The van der Waals surface area contributed by atoms with Crippen molar-refractivity contribution in [1.82, 2.24) is 19.6 Å². The van der Waals surface area contributed by atoms with Gasteiger partial charge in [-0.2, -0.15) is 5.10 Å². The number of para-hydroxylation sites is 1. The normalized spacial score (nSPS) is 11.2. The lowest BCUT2D eigenvalue weighted by molar-refractivity contribution is -0.117. The zero-order chi connectivity index (χ0) is 23.3. The quantitative estimate of drug-likeness (QED) is 0.630. The zero-order valence-corrected chi connectivity index (χ0v) is 19.4. The SMILES string of the molecule is CN(C)C(=O)N(CC(=O)Nc1cc(C(C)(C)C)nn1-c1ccccc1)Cc1ccccc1. The number of aromatic nitrogens is 2. The maximum atomic E-state index is 13.0. The van der Waals surface area contributed by atoms with Crippen molar-refractivity contribution in [2.45, 2.75) is 32.7 Å². The monoisotopic (exact) mass is 433 g/mol. The van der Waals surface area contributed by atoms with Crippen molar-refractivity contribution in [3.8, 4) is 5.69 Å². The fraction of sp³-hybridized carbons (Fsp3) is 0.320. The Bertz CT molecular complexity index is 1050. The second kappa shape index (κ2) is 9.68. The highest BCUT2D eigenvalue weighted by atomic mass is 16.2. The number of nitrogens with one attached hydrogen (secondary N) is 1. The van der Waals surface area contributed by atoms with E-state index in [9.17, 15) is 9.59 Å². The number of urea groups is 1. The van der Waals surface area contributed by atoms with Gasteiger partial charge < -0.3 is 15.1 Å². The molecule has 0 atom stereocenters. The molecule has 0 fully saturated rings. The molecule has 1 N–H and O–H groups in total. The van der Waals surface area contributed by atoms with Gasteiger partial charge in [-0.15, -0.1) is 0 Å². The van der Waals surface area contributed by atoms with Crippen molar-refractivity contribution in [2.75, 3.05) is 26.0 Å². The number of nitrogens with zero attached hydrogens (tertiary/aromatic N) is 4. The average molecular weight is 434 g/mol. The number of anilines is 1. The van der Waals surface area contributed by atoms with Gasteiger partial charge in [-0.1, -0.05) is 69.3 Å². The Kier molecular flexibility index (Phi) is 6.98. The predicted octanol–water partition coefficient (Wildman–Crippen LogP) is 4.29. The lowest BCUT2D eigenvalue weighted by Gasteiger charge is -2.25. The molecule has 0 aliphatic carbocycles. The van der Waals surface area contributed by atoms with Gasteiger partial charge in [0.05, 0.1) is 11.4 Å². The Morgan fingerprint density at radius 3 is 2.12 bits per heavy atom. The summed E-state index contributed by atoms with van der Waals surface area (Å²) in [4.78, 5) is 28.7. The first-order valence-electron chi connectivity index (χ1n) is 10.6. The van der Waals surface area contributed by atoms with E-state index in [2.05, 4.69) is 26.1 Å². The number of amides is 3. The molecular formula is C25H31N5O2. The number of hydrogen-bond donors (Lipinski definition) is 1. The van der Waals surface area contributed by atoms with Crippen molar-refractivity contribution >= 4 is 17.8 Å². The highest BCUT2D eigenvalue weighted by Crippen LogP contribution is 2.26. The second-order valence-corrected chi connectivity index (χ2v) is 8.98. The van der Waals surface area contributed by atoms with Crippen molar-refractivity contribution in [3.63, 3.8) is 0 Å². The van der Waals surface area contributed by atoms with E-state index in [-0.39, 0.29) is 23.9 Å². The van der Waals surface area contributed by atoms with Gasteiger partial charge in [0.25, 0.3) is 0 Å². The van der Waals surface area contributed by atoms with Gasteiger partial charge in [-0.3, -0.25) is 4.79 Å². The summed E-state index contributed by atoms with van der Waals surface area (Å²) >= 11 is 0. The minimum absolute atomic E-state index is 0.0727. The van der Waals surface area contributed by atoms with Crippen LogP contribution in [0.5, 0.6) is 0 Å². The van der Waals surface area contributed by atoms with Gasteiger partial charge in [0.1, 0.15) is 12.4 Å². The number of hydrogen-bond acceptors (Lipinski definition) is 3. The Morgan fingerprint density at radius 1 is 0.969 bits per heavy atom. The maximum Gasteiger partial charge on any atom is 0.320 e. The zero-order valence-electron chi connectivity index (χ0n) is 19.4. The van der Waals surface area contributed by atoms with E-state index in [0.29, 0.717) is 12.4 Å². The minimum Gasteiger partial charge on any atom is -0.331 e. The van der Waals surface area contributed by atoms with E-state index in [1.165, 1.54) is 9.80 Å². The van der Waals surface area contributed by atoms with Gasteiger partial charge in [0.2, 0.25) is 5.91 Å². The summed E-state index contributed by atoms with van der Waals surface area (Å²) in [6.07, 6.45) is 0. The fourth-order valence-electron chi connectivity index (χ4n) is 3.24. The van der Waals surface area contributed by atoms with Crippen LogP contribution in [0.3, 0.4) is 0 Å². The van der Waals surface area contributed by atoms with E-state index in [0.717, 1.165) is 16.9 Å². The van der Waals surface area contributed by atoms with Crippen molar-refractivity contribution in [1.29, 1.82) is 0 Å². The van der Waals surface area contributed by atoms with Crippen molar-refractivity contribution in [2.24, 2.45) is 0 Å². The van der Waals surface area contributed by atoms with Crippen molar-refractivity contribution < 1.29 is 9.59 Å². The Labute approximate surface area is 189 Å². The third-order valence-corrected chi connectivity index (χ3v) is 4.95. The highest BCUT2D eigenvalue weighted by Gasteiger charge is 2.23. The van der Waals surface area contributed by atoms with Gasteiger partial charge >= 0.3 is 6.03 Å². The molecule has 0 aliphatic heterocycles. The van der Waals surface area contributed by atoms with Crippen LogP contribution in [0.2, 0.25) is 0 Å². The molecule has 168 valence electrons. The summed E-state index contributed by atoms with van der Waals surface area (Å²) in [5.74, 6) is 0.289. The number of carbonyl (C=O) groups is 2. The third-order valence-electron chi connectivity index (χ3n) is 4.95. The van der Waals surface area contributed by atoms with Crippen LogP contribution in [-0.2, 0) is 16.8 Å². The summed E-state index contributed by atoms with van der Waals surface area (Å²) in [6, 6.07) is 21.0. The Morgan fingerprint density at radius 2 is 1.56 bits per heavy atom. The van der Waals surface area contributed by atoms with E-state index >= 15 is 0 Å². The smallest absolute Gasteiger partial charge is 0.320 e. The number of benzene rings is 2. The van der Waals surface area contributed by atoms with Gasteiger partial charge in [-0.05, 0) is 17.7 Å². The van der Waals surface area contributed by atoms with Crippen LogP contribution in [-0.4, -0.2) is 52.2 Å². The molecule has 3 rings (SSSR count). The molecule has 0 saturated carbocycles.